The number of rotatable bonds is 6. The number of carbonyl (C=O) groups excluding carboxylic acids is 2. The van der Waals surface area contributed by atoms with Crippen LogP contribution < -0.4 is 5.32 Å². The van der Waals surface area contributed by atoms with E-state index in [0.29, 0.717) is 22.5 Å². The molecule has 9 nitrogen and oxygen atoms in total. The summed E-state index contributed by atoms with van der Waals surface area (Å²) < 4.78 is 6.44. The van der Waals surface area contributed by atoms with E-state index in [-0.39, 0.29) is 23.9 Å². The normalized spacial score (nSPS) is 10.4. The maximum Gasteiger partial charge on any atom is 0.358 e. The summed E-state index contributed by atoms with van der Waals surface area (Å²) in [5.74, 6) is -0.868. The van der Waals surface area contributed by atoms with Crippen LogP contribution in [0.15, 0.2) is 54.7 Å². The topological polar surface area (TPSA) is 116 Å². The summed E-state index contributed by atoms with van der Waals surface area (Å²) in [5, 5.41) is 17.8. The molecule has 0 bridgehead atoms. The third-order valence-electron chi connectivity index (χ3n) is 4.12. The lowest BCUT2D eigenvalue weighted by Gasteiger charge is -2.08. The van der Waals surface area contributed by atoms with Crippen molar-refractivity contribution in [1.82, 2.24) is 9.78 Å². The molecule has 1 heterocycles. The standard InChI is InChI=1S/C20H18N4O5/c1-3-29-20(26)17-10-11-23(22-17)16-7-5-15(6-8-16)21-19(25)14-4-9-18(24(27)28)13(2)12-14/h4-12H,3H2,1-2H3,(H,21,25). The zero-order chi connectivity index (χ0) is 21.0. The number of nitrogens with zero attached hydrogens (tertiary/aromatic N) is 3. The largest absolute Gasteiger partial charge is 0.461 e. The molecular weight excluding hydrogens is 376 g/mol. The molecule has 1 aromatic heterocycles. The van der Waals surface area contributed by atoms with Gasteiger partial charge in [0.2, 0.25) is 0 Å². The molecule has 9 heteroatoms. The third kappa shape index (κ3) is 4.46. The van der Waals surface area contributed by atoms with E-state index in [4.69, 9.17) is 4.74 Å². The Kier molecular flexibility index (Phi) is 5.68. The highest BCUT2D eigenvalue weighted by molar-refractivity contribution is 6.04. The third-order valence-corrected chi connectivity index (χ3v) is 4.12. The summed E-state index contributed by atoms with van der Waals surface area (Å²) in [6.45, 7) is 3.58. The van der Waals surface area contributed by atoms with Gasteiger partial charge in [0.1, 0.15) is 0 Å². The fourth-order valence-corrected chi connectivity index (χ4v) is 2.68. The number of aryl methyl sites for hydroxylation is 1. The summed E-state index contributed by atoms with van der Waals surface area (Å²) in [4.78, 5) is 34.5. The molecule has 0 unspecified atom stereocenters. The Morgan fingerprint density at radius 2 is 1.90 bits per heavy atom. The number of aromatic nitrogens is 2. The second-order valence-electron chi connectivity index (χ2n) is 6.13. The van der Waals surface area contributed by atoms with Crippen molar-refractivity contribution in [3.8, 4) is 5.69 Å². The molecule has 0 aliphatic rings. The van der Waals surface area contributed by atoms with Crippen molar-refractivity contribution >= 4 is 23.3 Å². The van der Waals surface area contributed by atoms with Gasteiger partial charge in [-0.25, -0.2) is 9.48 Å². The molecule has 0 spiro atoms. The first kappa shape index (κ1) is 19.7. The second-order valence-corrected chi connectivity index (χ2v) is 6.13. The molecule has 0 saturated carbocycles. The first-order chi connectivity index (χ1) is 13.9. The molecule has 1 amide bonds. The molecule has 0 saturated heterocycles. The van der Waals surface area contributed by atoms with Crippen molar-refractivity contribution in [3.05, 3.63) is 81.7 Å². The van der Waals surface area contributed by atoms with Gasteiger partial charge in [0.15, 0.2) is 5.69 Å². The Balaban J connectivity index is 1.71. The first-order valence-electron chi connectivity index (χ1n) is 8.78. The minimum Gasteiger partial charge on any atom is -0.461 e. The lowest BCUT2D eigenvalue weighted by atomic mass is 10.1. The number of amides is 1. The molecule has 3 rings (SSSR count). The predicted octanol–water partition coefficient (Wildman–Crippen LogP) is 3.52. The number of hydrogen-bond acceptors (Lipinski definition) is 6. The Labute approximate surface area is 166 Å². The second kappa shape index (κ2) is 8.34. The highest BCUT2D eigenvalue weighted by Crippen LogP contribution is 2.20. The average Bonchev–Trinajstić information content (AvgIpc) is 3.18. The summed E-state index contributed by atoms with van der Waals surface area (Å²) in [5.41, 5.74) is 2.15. The number of benzene rings is 2. The minimum absolute atomic E-state index is 0.0349. The van der Waals surface area contributed by atoms with Crippen LogP contribution >= 0.6 is 0 Å². The van der Waals surface area contributed by atoms with Gasteiger partial charge in [-0.1, -0.05) is 0 Å². The van der Waals surface area contributed by atoms with E-state index in [1.54, 1.807) is 50.4 Å². The van der Waals surface area contributed by atoms with Gasteiger partial charge < -0.3 is 10.1 Å². The van der Waals surface area contributed by atoms with Gasteiger partial charge in [0.25, 0.3) is 11.6 Å². The number of nitrogens with one attached hydrogen (secondary N) is 1. The highest BCUT2D eigenvalue weighted by atomic mass is 16.6. The minimum atomic E-state index is -0.492. The number of carbonyl (C=O) groups is 2. The molecule has 3 aromatic rings. The fourth-order valence-electron chi connectivity index (χ4n) is 2.68. The maximum atomic E-state index is 12.4. The predicted molar refractivity (Wildman–Crippen MR) is 105 cm³/mol. The van der Waals surface area contributed by atoms with Crippen molar-refractivity contribution in [3.63, 3.8) is 0 Å². The van der Waals surface area contributed by atoms with Gasteiger partial charge in [-0.05, 0) is 56.3 Å². The molecule has 0 atom stereocenters. The van der Waals surface area contributed by atoms with E-state index in [2.05, 4.69) is 10.4 Å². The van der Waals surface area contributed by atoms with Crippen LogP contribution in [0.5, 0.6) is 0 Å². The van der Waals surface area contributed by atoms with Gasteiger partial charge in [-0.2, -0.15) is 5.10 Å². The van der Waals surface area contributed by atoms with Crippen LogP contribution in [0.3, 0.4) is 0 Å². The van der Waals surface area contributed by atoms with Crippen molar-refractivity contribution in [2.24, 2.45) is 0 Å². The Hall–Kier alpha value is -4.01. The molecule has 2 aromatic carbocycles. The lowest BCUT2D eigenvalue weighted by molar-refractivity contribution is -0.385. The Bertz CT molecular complexity index is 1070. The van der Waals surface area contributed by atoms with Crippen LogP contribution in [-0.4, -0.2) is 33.2 Å². The molecule has 1 N–H and O–H groups in total. The number of hydrogen-bond donors (Lipinski definition) is 1. The van der Waals surface area contributed by atoms with Crippen LogP contribution in [0.25, 0.3) is 5.69 Å². The number of nitro groups is 1. The summed E-state index contributed by atoms with van der Waals surface area (Å²) >= 11 is 0. The van der Waals surface area contributed by atoms with Crippen LogP contribution in [0.2, 0.25) is 0 Å². The van der Waals surface area contributed by atoms with Crippen LogP contribution in [0.4, 0.5) is 11.4 Å². The molecule has 29 heavy (non-hydrogen) atoms. The lowest BCUT2D eigenvalue weighted by Crippen LogP contribution is -2.12. The zero-order valence-corrected chi connectivity index (χ0v) is 15.8. The number of esters is 1. The first-order valence-corrected chi connectivity index (χ1v) is 8.78. The van der Waals surface area contributed by atoms with E-state index < -0.39 is 10.9 Å². The molecule has 0 radical (unpaired) electrons. The van der Waals surface area contributed by atoms with Crippen molar-refractivity contribution in [2.45, 2.75) is 13.8 Å². The Morgan fingerprint density at radius 1 is 1.17 bits per heavy atom. The van der Waals surface area contributed by atoms with E-state index in [9.17, 15) is 19.7 Å². The van der Waals surface area contributed by atoms with Gasteiger partial charge in [-0.15, -0.1) is 0 Å². The smallest absolute Gasteiger partial charge is 0.358 e. The monoisotopic (exact) mass is 394 g/mol. The van der Waals surface area contributed by atoms with E-state index in [0.717, 1.165) is 0 Å². The summed E-state index contributed by atoms with van der Waals surface area (Å²) in [6, 6.07) is 12.6. The average molecular weight is 394 g/mol. The molecule has 148 valence electrons. The van der Waals surface area contributed by atoms with Gasteiger partial charge >= 0.3 is 5.97 Å². The molecule has 0 aliphatic heterocycles. The SMILES string of the molecule is CCOC(=O)c1ccn(-c2ccc(NC(=O)c3ccc([N+](=O)[O-])c(C)c3)cc2)n1. The summed E-state index contributed by atoms with van der Waals surface area (Å²) in [7, 11) is 0. The number of ether oxygens (including phenoxy) is 1. The molecular formula is C20H18N4O5. The van der Waals surface area contributed by atoms with Gasteiger partial charge in [0, 0.05) is 29.1 Å². The van der Waals surface area contributed by atoms with Crippen LogP contribution in [-0.2, 0) is 4.74 Å². The van der Waals surface area contributed by atoms with Crippen molar-refractivity contribution in [2.75, 3.05) is 11.9 Å². The van der Waals surface area contributed by atoms with Crippen molar-refractivity contribution < 1.29 is 19.2 Å². The van der Waals surface area contributed by atoms with E-state index >= 15 is 0 Å². The van der Waals surface area contributed by atoms with Crippen LogP contribution in [0.1, 0.15) is 33.3 Å². The highest BCUT2D eigenvalue weighted by Gasteiger charge is 2.14. The number of anilines is 1. The van der Waals surface area contributed by atoms with E-state index in [1.165, 1.54) is 22.9 Å². The molecule has 0 fully saturated rings. The summed E-state index contributed by atoms with van der Waals surface area (Å²) in [6.07, 6.45) is 1.64. The quantitative estimate of drug-likeness (QED) is 0.388. The number of nitro benzene ring substituents is 1. The van der Waals surface area contributed by atoms with Crippen LogP contribution in [0, 0.1) is 17.0 Å². The van der Waals surface area contributed by atoms with Gasteiger partial charge in [-0.3, -0.25) is 14.9 Å². The fraction of sp³-hybridized carbons (Fsp3) is 0.150. The van der Waals surface area contributed by atoms with Gasteiger partial charge in [0.05, 0.1) is 17.2 Å². The van der Waals surface area contributed by atoms with Crippen molar-refractivity contribution in [1.29, 1.82) is 0 Å². The molecule has 0 aliphatic carbocycles. The maximum absolute atomic E-state index is 12.4. The Morgan fingerprint density at radius 3 is 2.52 bits per heavy atom. The van der Waals surface area contributed by atoms with E-state index in [1.807, 2.05) is 0 Å². The zero-order valence-electron chi connectivity index (χ0n) is 15.8.